The van der Waals surface area contributed by atoms with E-state index in [1.807, 2.05) is 52.1 Å². The van der Waals surface area contributed by atoms with Crippen LogP contribution in [0, 0.1) is 20.8 Å². The summed E-state index contributed by atoms with van der Waals surface area (Å²) in [5, 5.41) is 3.39. The Labute approximate surface area is 177 Å². The van der Waals surface area contributed by atoms with Gasteiger partial charge in [0.15, 0.2) is 0 Å². The second-order valence-corrected chi connectivity index (χ2v) is 7.55. The maximum Gasteiger partial charge on any atom is 0.339 e. The number of carbonyl (C=O) groups is 1. The van der Waals surface area contributed by atoms with Gasteiger partial charge in [-0.1, -0.05) is 18.7 Å². The Morgan fingerprint density at radius 2 is 1.93 bits per heavy atom. The molecule has 1 aliphatic heterocycles. The van der Waals surface area contributed by atoms with Crippen LogP contribution in [0.3, 0.4) is 0 Å². The van der Waals surface area contributed by atoms with Gasteiger partial charge in [0.2, 0.25) is 6.79 Å². The van der Waals surface area contributed by atoms with Crippen LogP contribution >= 0.6 is 0 Å². The molecule has 1 unspecified atom stereocenters. The highest BCUT2D eigenvalue weighted by molar-refractivity contribution is 5.95. The molecule has 1 atom stereocenters. The Morgan fingerprint density at radius 1 is 1.20 bits per heavy atom. The molecular weight excluding hydrogens is 380 g/mol. The molecule has 1 aromatic carbocycles. The summed E-state index contributed by atoms with van der Waals surface area (Å²) in [6.07, 6.45) is 1.84. The van der Waals surface area contributed by atoms with E-state index in [9.17, 15) is 4.79 Å². The molecule has 2 aromatic rings. The van der Waals surface area contributed by atoms with Crippen molar-refractivity contribution in [3.05, 3.63) is 76.0 Å². The van der Waals surface area contributed by atoms with Gasteiger partial charge in [0, 0.05) is 34.4 Å². The van der Waals surface area contributed by atoms with Crippen LogP contribution in [-0.2, 0) is 14.3 Å². The zero-order valence-electron chi connectivity index (χ0n) is 18.4. The van der Waals surface area contributed by atoms with Crippen molar-refractivity contribution in [1.29, 1.82) is 0 Å². The Morgan fingerprint density at radius 3 is 2.60 bits per heavy atom. The fourth-order valence-electron chi connectivity index (χ4n) is 3.76. The minimum atomic E-state index is -0.458. The minimum absolute atomic E-state index is 0.194. The predicted octanol–water partition coefficient (Wildman–Crippen LogP) is 4.90. The lowest BCUT2D eigenvalue weighted by atomic mass is 9.79. The number of ether oxygens (including phenoxy) is 3. The Balaban J connectivity index is 2.19. The number of hydrogen-bond donors (Lipinski definition) is 1. The summed E-state index contributed by atoms with van der Waals surface area (Å²) in [5.41, 5.74) is 6.93. The van der Waals surface area contributed by atoms with E-state index in [1.54, 1.807) is 14.0 Å². The Kier molecular flexibility index (Phi) is 6.15. The van der Waals surface area contributed by atoms with Gasteiger partial charge in [0.05, 0.1) is 24.4 Å². The molecule has 0 amide bonds. The quantitative estimate of drug-likeness (QED) is 0.417. The van der Waals surface area contributed by atoms with Crippen LogP contribution < -0.4 is 10.1 Å². The average molecular weight is 408 g/mol. The lowest BCUT2D eigenvalue weighted by molar-refractivity contribution is -0.148. The van der Waals surface area contributed by atoms with Crippen molar-refractivity contribution in [2.75, 3.05) is 19.2 Å². The zero-order chi connectivity index (χ0) is 22.0. The number of methoxy groups -OCH3 is 1. The van der Waals surface area contributed by atoms with Crippen molar-refractivity contribution in [1.82, 2.24) is 4.98 Å². The summed E-state index contributed by atoms with van der Waals surface area (Å²) in [7, 11) is 1.64. The number of nitrogens with one attached hydrogen (secondary N) is 1. The highest BCUT2D eigenvalue weighted by atomic mass is 16.7. The number of fused-ring (bicyclic) bond motifs is 1. The van der Waals surface area contributed by atoms with E-state index in [1.165, 1.54) is 0 Å². The lowest BCUT2D eigenvalue weighted by Gasteiger charge is -2.32. The molecular formula is C24H28N2O4. The van der Waals surface area contributed by atoms with E-state index in [2.05, 4.69) is 16.9 Å². The molecule has 0 saturated heterocycles. The number of benzene rings is 1. The number of anilines is 1. The number of aryl methyl sites for hydroxylation is 3. The van der Waals surface area contributed by atoms with Crippen LogP contribution in [0.2, 0.25) is 0 Å². The van der Waals surface area contributed by atoms with Gasteiger partial charge in [-0.05, 0) is 51.8 Å². The summed E-state index contributed by atoms with van der Waals surface area (Å²) in [5.74, 6) is 0.347. The molecule has 0 fully saturated rings. The number of esters is 1. The van der Waals surface area contributed by atoms with Crippen LogP contribution in [0.1, 0.15) is 47.7 Å². The van der Waals surface area contributed by atoms with E-state index in [4.69, 9.17) is 14.2 Å². The first-order valence-corrected chi connectivity index (χ1v) is 9.78. The van der Waals surface area contributed by atoms with Crippen LogP contribution in [0.25, 0.3) is 0 Å². The maximum atomic E-state index is 13.2. The topological polar surface area (TPSA) is 69.7 Å². The predicted molar refractivity (Wildman–Crippen MR) is 116 cm³/mol. The largest absolute Gasteiger partial charge is 0.496 e. The maximum absolute atomic E-state index is 13.2. The smallest absolute Gasteiger partial charge is 0.339 e. The van der Waals surface area contributed by atoms with Crippen molar-refractivity contribution in [2.45, 2.75) is 40.5 Å². The standard InChI is InChI=1S/C24H28N2O4/c1-13(2)29-12-30-24(27)21-17(6)26-23-15(4)11-25-16(5)20(23)22(21)18-9-8-14(3)10-19(18)28-7/h8-11,22,26H,1,12H2,2-7H3. The number of allylic oxidation sites excluding steroid dienone is 2. The summed E-state index contributed by atoms with van der Waals surface area (Å²) in [6.45, 7) is 13.0. The van der Waals surface area contributed by atoms with Gasteiger partial charge in [-0.3, -0.25) is 4.98 Å². The summed E-state index contributed by atoms with van der Waals surface area (Å²) >= 11 is 0. The highest BCUT2D eigenvalue weighted by Crippen LogP contribution is 2.47. The summed E-state index contributed by atoms with van der Waals surface area (Å²) in [4.78, 5) is 17.7. The molecule has 0 saturated carbocycles. The summed E-state index contributed by atoms with van der Waals surface area (Å²) in [6, 6.07) is 5.99. The molecule has 1 aromatic heterocycles. The van der Waals surface area contributed by atoms with Crippen LogP contribution in [0.15, 0.2) is 48.0 Å². The highest BCUT2D eigenvalue weighted by Gasteiger charge is 2.37. The van der Waals surface area contributed by atoms with Crippen molar-refractivity contribution in [2.24, 2.45) is 0 Å². The lowest BCUT2D eigenvalue weighted by Crippen LogP contribution is -2.26. The Bertz CT molecular complexity index is 1040. The number of carbonyl (C=O) groups excluding carboxylic acids is 1. The zero-order valence-corrected chi connectivity index (χ0v) is 18.4. The van der Waals surface area contributed by atoms with Gasteiger partial charge >= 0.3 is 5.97 Å². The van der Waals surface area contributed by atoms with E-state index in [0.717, 1.165) is 39.3 Å². The molecule has 30 heavy (non-hydrogen) atoms. The fourth-order valence-corrected chi connectivity index (χ4v) is 3.76. The molecule has 1 N–H and O–H groups in total. The first-order chi connectivity index (χ1) is 14.2. The first-order valence-electron chi connectivity index (χ1n) is 9.78. The van der Waals surface area contributed by atoms with E-state index in [0.29, 0.717) is 17.1 Å². The molecule has 0 bridgehead atoms. The van der Waals surface area contributed by atoms with Crippen LogP contribution in [0.4, 0.5) is 5.69 Å². The van der Waals surface area contributed by atoms with E-state index < -0.39 is 5.97 Å². The third-order valence-corrected chi connectivity index (χ3v) is 5.21. The fraction of sp³-hybridized carbons (Fsp3) is 0.333. The molecule has 6 nitrogen and oxygen atoms in total. The monoisotopic (exact) mass is 408 g/mol. The molecule has 0 spiro atoms. The van der Waals surface area contributed by atoms with Crippen molar-refractivity contribution in [3.63, 3.8) is 0 Å². The van der Waals surface area contributed by atoms with Gasteiger partial charge in [-0.2, -0.15) is 0 Å². The van der Waals surface area contributed by atoms with Gasteiger partial charge in [0.25, 0.3) is 0 Å². The molecule has 158 valence electrons. The second-order valence-electron chi connectivity index (χ2n) is 7.55. The SMILES string of the molecule is C=C(C)OCOC(=O)C1=C(C)Nc2c(C)cnc(C)c2C1c1ccc(C)cc1OC. The second kappa shape index (κ2) is 8.61. The van der Waals surface area contributed by atoms with Gasteiger partial charge in [-0.25, -0.2) is 4.79 Å². The van der Waals surface area contributed by atoms with E-state index in [-0.39, 0.29) is 12.7 Å². The number of pyridine rings is 1. The number of aromatic nitrogens is 1. The molecule has 3 rings (SSSR count). The molecule has 1 aliphatic rings. The first kappa shape index (κ1) is 21.4. The summed E-state index contributed by atoms with van der Waals surface area (Å²) < 4.78 is 16.3. The number of nitrogens with zero attached hydrogens (tertiary/aromatic N) is 1. The molecule has 2 heterocycles. The third kappa shape index (κ3) is 4.03. The van der Waals surface area contributed by atoms with E-state index >= 15 is 0 Å². The molecule has 0 aliphatic carbocycles. The minimum Gasteiger partial charge on any atom is -0.496 e. The van der Waals surface area contributed by atoms with Gasteiger partial charge < -0.3 is 19.5 Å². The van der Waals surface area contributed by atoms with Crippen molar-refractivity contribution < 1.29 is 19.0 Å². The normalized spacial score (nSPS) is 15.2. The third-order valence-electron chi connectivity index (χ3n) is 5.21. The van der Waals surface area contributed by atoms with Gasteiger partial charge in [0.1, 0.15) is 5.75 Å². The van der Waals surface area contributed by atoms with Crippen molar-refractivity contribution in [3.8, 4) is 5.75 Å². The van der Waals surface area contributed by atoms with Crippen LogP contribution in [-0.4, -0.2) is 24.9 Å². The number of rotatable bonds is 6. The van der Waals surface area contributed by atoms with Gasteiger partial charge in [-0.15, -0.1) is 0 Å². The Hall–Kier alpha value is -3.28. The molecule has 6 heteroatoms. The van der Waals surface area contributed by atoms with Crippen molar-refractivity contribution >= 4 is 11.7 Å². The number of hydrogen-bond acceptors (Lipinski definition) is 6. The average Bonchev–Trinajstić information content (AvgIpc) is 2.69. The van der Waals surface area contributed by atoms with Crippen LogP contribution in [0.5, 0.6) is 5.75 Å². The molecule has 0 radical (unpaired) electrons.